The maximum Gasteiger partial charge on any atom is 0.335 e. The Labute approximate surface area is 184 Å². The zero-order chi connectivity index (χ0) is 22.3. The lowest BCUT2D eigenvalue weighted by molar-refractivity contribution is -0.114. The fourth-order valence-corrected chi connectivity index (χ4v) is 3.50. The minimum absolute atomic E-state index is 0.141. The molecule has 8 nitrogen and oxygen atoms in total. The van der Waals surface area contributed by atoms with E-state index in [9.17, 15) is 19.5 Å². The molecular weight excluding hydrogens is 464 g/mol. The van der Waals surface area contributed by atoms with Crippen molar-refractivity contribution in [3.8, 4) is 11.6 Å². The Balaban J connectivity index is 1.84. The van der Waals surface area contributed by atoms with Gasteiger partial charge in [-0.2, -0.15) is 10.1 Å². The van der Waals surface area contributed by atoms with Crippen molar-refractivity contribution in [2.75, 3.05) is 5.01 Å². The van der Waals surface area contributed by atoms with Gasteiger partial charge in [0, 0.05) is 4.47 Å². The van der Waals surface area contributed by atoms with Crippen molar-refractivity contribution in [2.24, 2.45) is 5.10 Å². The minimum Gasteiger partial charge on any atom is -0.494 e. The van der Waals surface area contributed by atoms with Gasteiger partial charge in [0.25, 0.3) is 11.5 Å². The molecule has 1 amide bonds. The molecule has 0 saturated heterocycles. The molecule has 3 aromatic rings. The standard InChI is InChI=1S/C22H17BrN4O4/c1-12-10-15(8-9-18(12)23)26-20(29)17(19(28)24-22(26)31)11-16-13(2)25-27(21(16)30)14-6-4-3-5-7-14/h3-11,29H,1-2H3,(H,24,28,31)/b16-11+. The van der Waals surface area contributed by atoms with Crippen LogP contribution in [0.4, 0.5) is 5.69 Å². The third kappa shape index (κ3) is 3.64. The Morgan fingerprint density at radius 3 is 2.42 bits per heavy atom. The number of aryl methyl sites for hydroxylation is 1. The van der Waals surface area contributed by atoms with Crippen LogP contribution in [0.15, 0.2) is 73.3 Å². The van der Waals surface area contributed by atoms with E-state index in [-0.39, 0.29) is 11.1 Å². The number of para-hydroxylation sites is 1. The molecule has 0 aliphatic carbocycles. The van der Waals surface area contributed by atoms with Crippen molar-refractivity contribution in [2.45, 2.75) is 13.8 Å². The molecule has 1 aliphatic heterocycles. The summed E-state index contributed by atoms with van der Waals surface area (Å²) < 4.78 is 1.81. The first-order valence-electron chi connectivity index (χ1n) is 9.29. The van der Waals surface area contributed by atoms with E-state index >= 15 is 0 Å². The number of aromatic hydroxyl groups is 1. The van der Waals surface area contributed by atoms with Gasteiger partial charge in [0.15, 0.2) is 0 Å². The van der Waals surface area contributed by atoms with Crippen LogP contribution in [0.3, 0.4) is 0 Å². The molecule has 156 valence electrons. The van der Waals surface area contributed by atoms with Gasteiger partial charge in [0.05, 0.1) is 22.7 Å². The summed E-state index contributed by atoms with van der Waals surface area (Å²) in [6.07, 6.45) is 1.25. The molecule has 0 saturated carbocycles. The maximum absolute atomic E-state index is 12.9. The Morgan fingerprint density at radius 2 is 1.74 bits per heavy atom. The van der Waals surface area contributed by atoms with Gasteiger partial charge in [-0.1, -0.05) is 34.1 Å². The highest BCUT2D eigenvalue weighted by Gasteiger charge is 2.29. The fourth-order valence-electron chi connectivity index (χ4n) is 3.25. The molecule has 0 radical (unpaired) electrons. The number of carbonyl (C=O) groups is 1. The summed E-state index contributed by atoms with van der Waals surface area (Å²) in [7, 11) is 0. The number of nitrogens with one attached hydrogen (secondary N) is 1. The van der Waals surface area contributed by atoms with Crippen molar-refractivity contribution in [1.82, 2.24) is 9.55 Å². The minimum atomic E-state index is -0.807. The number of halogens is 1. The van der Waals surface area contributed by atoms with Crippen molar-refractivity contribution >= 4 is 39.3 Å². The first kappa shape index (κ1) is 20.5. The van der Waals surface area contributed by atoms with Gasteiger partial charge in [0.1, 0.15) is 5.56 Å². The van der Waals surface area contributed by atoms with Gasteiger partial charge in [-0.15, -0.1) is 0 Å². The molecule has 2 N–H and O–H groups in total. The van der Waals surface area contributed by atoms with E-state index in [0.29, 0.717) is 17.1 Å². The normalized spacial score (nSPS) is 14.9. The number of hydrogen-bond donors (Lipinski definition) is 2. The van der Waals surface area contributed by atoms with Gasteiger partial charge in [-0.25, -0.2) is 9.36 Å². The summed E-state index contributed by atoms with van der Waals surface area (Å²) in [6, 6.07) is 13.9. The summed E-state index contributed by atoms with van der Waals surface area (Å²) in [5.41, 5.74) is 0.484. The molecule has 0 fully saturated rings. The largest absolute Gasteiger partial charge is 0.494 e. The summed E-state index contributed by atoms with van der Waals surface area (Å²) in [6.45, 7) is 3.46. The Morgan fingerprint density at radius 1 is 1.03 bits per heavy atom. The molecule has 0 spiro atoms. The highest BCUT2D eigenvalue weighted by molar-refractivity contribution is 9.10. The first-order chi connectivity index (χ1) is 14.8. The molecule has 1 aliphatic rings. The van der Waals surface area contributed by atoms with E-state index in [1.54, 1.807) is 49.4 Å². The lowest BCUT2D eigenvalue weighted by Crippen LogP contribution is -2.30. The molecule has 4 rings (SSSR count). The van der Waals surface area contributed by atoms with Crippen molar-refractivity contribution in [3.05, 3.63) is 90.5 Å². The van der Waals surface area contributed by atoms with Gasteiger partial charge >= 0.3 is 5.69 Å². The van der Waals surface area contributed by atoms with E-state index < -0.39 is 23.0 Å². The highest BCUT2D eigenvalue weighted by atomic mass is 79.9. The number of carbonyl (C=O) groups excluding carboxylic acids is 1. The van der Waals surface area contributed by atoms with E-state index in [0.717, 1.165) is 14.6 Å². The zero-order valence-corrected chi connectivity index (χ0v) is 18.2. The van der Waals surface area contributed by atoms with Crippen molar-refractivity contribution < 1.29 is 9.90 Å². The maximum atomic E-state index is 12.9. The number of anilines is 1. The van der Waals surface area contributed by atoms with Crippen LogP contribution in [0, 0.1) is 6.92 Å². The number of hydrogen-bond acceptors (Lipinski definition) is 5. The molecule has 0 atom stereocenters. The molecule has 2 aromatic carbocycles. The predicted octanol–water partition coefficient (Wildman–Crippen LogP) is 3.11. The number of nitrogens with zero attached hydrogens (tertiary/aromatic N) is 3. The number of rotatable bonds is 3. The lowest BCUT2D eigenvalue weighted by Gasteiger charge is -2.12. The lowest BCUT2D eigenvalue weighted by atomic mass is 10.1. The Bertz CT molecular complexity index is 1390. The van der Waals surface area contributed by atoms with Crippen LogP contribution in [0.1, 0.15) is 18.1 Å². The third-order valence-electron chi connectivity index (χ3n) is 4.87. The van der Waals surface area contributed by atoms with E-state index in [4.69, 9.17) is 0 Å². The van der Waals surface area contributed by atoms with Crippen LogP contribution in [0.25, 0.3) is 11.8 Å². The quantitative estimate of drug-likeness (QED) is 0.561. The Kier molecular flexibility index (Phi) is 5.20. The molecule has 31 heavy (non-hydrogen) atoms. The van der Waals surface area contributed by atoms with E-state index in [1.165, 1.54) is 11.1 Å². The van der Waals surface area contributed by atoms with Crippen LogP contribution < -0.4 is 16.3 Å². The second-order valence-electron chi connectivity index (χ2n) is 6.96. The topological polar surface area (TPSA) is 108 Å². The van der Waals surface area contributed by atoms with Crippen LogP contribution in [-0.4, -0.2) is 26.3 Å². The Hall–Kier alpha value is -3.72. The second-order valence-corrected chi connectivity index (χ2v) is 7.82. The van der Waals surface area contributed by atoms with Crippen molar-refractivity contribution in [3.63, 3.8) is 0 Å². The van der Waals surface area contributed by atoms with E-state index in [2.05, 4.69) is 26.0 Å². The monoisotopic (exact) mass is 480 g/mol. The summed E-state index contributed by atoms with van der Waals surface area (Å²) in [5.74, 6) is -1.01. The number of benzene rings is 2. The zero-order valence-electron chi connectivity index (χ0n) is 16.6. The summed E-state index contributed by atoms with van der Waals surface area (Å²) in [5, 5.41) is 16.3. The SMILES string of the molecule is CC1=NN(c2ccccc2)C(=O)/C1=C/c1c(O)n(-c2ccc(Br)c(C)c2)c(=O)[nH]c1=O. The third-order valence-corrected chi connectivity index (χ3v) is 5.76. The number of H-pyrrole nitrogens is 1. The highest BCUT2D eigenvalue weighted by Crippen LogP contribution is 2.27. The van der Waals surface area contributed by atoms with Crippen LogP contribution in [0.5, 0.6) is 5.88 Å². The number of aromatic nitrogens is 2. The van der Waals surface area contributed by atoms with Gasteiger partial charge in [0.2, 0.25) is 5.88 Å². The van der Waals surface area contributed by atoms with Crippen molar-refractivity contribution in [1.29, 1.82) is 0 Å². The van der Waals surface area contributed by atoms with Gasteiger partial charge < -0.3 is 5.11 Å². The number of amides is 1. The summed E-state index contributed by atoms with van der Waals surface area (Å²) in [4.78, 5) is 40.0. The number of hydrazone groups is 1. The average Bonchev–Trinajstić information content (AvgIpc) is 3.02. The average molecular weight is 481 g/mol. The molecule has 9 heteroatoms. The number of aromatic amines is 1. The van der Waals surface area contributed by atoms with Crippen LogP contribution >= 0.6 is 15.9 Å². The molecular formula is C22H17BrN4O4. The van der Waals surface area contributed by atoms with Crippen LogP contribution in [0.2, 0.25) is 0 Å². The van der Waals surface area contributed by atoms with E-state index in [1.807, 2.05) is 13.0 Å². The smallest absolute Gasteiger partial charge is 0.335 e. The predicted molar refractivity (Wildman–Crippen MR) is 122 cm³/mol. The van der Waals surface area contributed by atoms with Gasteiger partial charge in [-0.3, -0.25) is 14.6 Å². The molecule has 2 heterocycles. The molecule has 0 unspecified atom stereocenters. The second kappa shape index (κ2) is 7.84. The first-order valence-corrected chi connectivity index (χ1v) is 10.1. The van der Waals surface area contributed by atoms with Crippen LogP contribution in [-0.2, 0) is 4.79 Å². The summed E-state index contributed by atoms with van der Waals surface area (Å²) >= 11 is 3.39. The molecule has 1 aromatic heterocycles. The van der Waals surface area contributed by atoms with Gasteiger partial charge in [-0.05, 0) is 55.8 Å². The fraction of sp³-hybridized carbons (Fsp3) is 0.0909. The molecule has 0 bridgehead atoms.